The van der Waals surface area contributed by atoms with Gasteiger partial charge in [0.15, 0.2) is 6.61 Å². The molecule has 2 rings (SSSR count). The van der Waals surface area contributed by atoms with Crippen molar-refractivity contribution in [3.63, 3.8) is 0 Å². The number of anilines is 1. The van der Waals surface area contributed by atoms with Crippen molar-refractivity contribution in [1.29, 1.82) is 0 Å². The van der Waals surface area contributed by atoms with E-state index in [1.54, 1.807) is 48.5 Å². The minimum atomic E-state index is -0.598. The fraction of sp³-hybridized carbons (Fsp3) is 0.176. The summed E-state index contributed by atoms with van der Waals surface area (Å²) in [6, 6.07) is 13.5. The van der Waals surface area contributed by atoms with E-state index >= 15 is 0 Å². The van der Waals surface area contributed by atoms with E-state index in [-0.39, 0.29) is 0 Å². The molecule has 0 aromatic heterocycles. The minimum Gasteiger partial charge on any atom is -0.497 e. The van der Waals surface area contributed by atoms with Crippen molar-refractivity contribution in [1.82, 2.24) is 0 Å². The molecule has 1 N–H and O–H groups in total. The van der Waals surface area contributed by atoms with E-state index in [0.29, 0.717) is 22.7 Å². The average Bonchev–Trinajstić information content (AvgIpc) is 2.60. The van der Waals surface area contributed by atoms with Crippen LogP contribution in [0.1, 0.15) is 10.4 Å². The SMILES string of the molecule is COc1cccc(C(=O)OCC(=O)Nc2ccccc2OC)c1. The standard InChI is InChI=1S/C17H17NO5/c1-21-13-7-5-6-12(10-13)17(20)23-11-16(19)18-14-8-3-4-9-15(14)22-2/h3-10H,11H2,1-2H3,(H,18,19). The summed E-state index contributed by atoms with van der Waals surface area (Å²) in [5.74, 6) is 0.0164. The molecule has 0 unspecified atom stereocenters. The summed E-state index contributed by atoms with van der Waals surface area (Å²) in [7, 11) is 3.01. The van der Waals surface area contributed by atoms with Crippen molar-refractivity contribution < 1.29 is 23.8 Å². The number of ether oxygens (including phenoxy) is 3. The highest BCUT2D eigenvalue weighted by molar-refractivity contribution is 5.96. The number of esters is 1. The number of benzene rings is 2. The summed E-state index contributed by atoms with van der Waals surface area (Å²) in [5.41, 5.74) is 0.826. The molecule has 0 saturated carbocycles. The summed E-state index contributed by atoms with van der Waals surface area (Å²) >= 11 is 0. The predicted octanol–water partition coefficient (Wildman–Crippen LogP) is 2.50. The van der Waals surface area contributed by atoms with Crippen LogP contribution in [-0.2, 0) is 9.53 Å². The Balaban J connectivity index is 1.92. The second-order valence-corrected chi connectivity index (χ2v) is 4.56. The van der Waals surface area contributed by atoms with Gasteiger partial charge in [-0.3, -0.25) is 4.79 Å². The topological polar surface area (TPSA) is 73.9 Å². The van der Waals surface area contributed by atoms with Gasteiger partial charge in [0.05, 0.1) is 25.5 Å². The van der Waals surface area contributed by atoms with E-state index < -0.39 is 18.5 Å². The Kier molecular flexibility index (Phi) is 5.57. The molecule has 0 bridgehead atoms. The van der Waals surface area contributed by atoms with Gasteiger partial charge in [-0.2, -0.15) is 0 Å². The van der Waals surface area contributed by atoms with Crippen molar-refractivity contribution in [2.24, 2.45) is 0 Å². The van der Waals surface area contributed by atoms with E-state index in [1.807, 2.05) is 0 Å². The normalized spacial score (nSPS) is 9.83. The van der Waals surface area contributed by atoms with Crippen LogP contribution in [0.15, 0.2) is 48.5 Å². The third-order valence-electron chi connectivity index (χ3n) is 3.02. The fourth-order valence-electron chi connectivity index (χ4n) is 1.90. The van der Waals surface area contributed by atoms with Gasteiger partial charge in [0.1, 0.15) is 11.5 Å². The van der Waals surface area contributed by atoms with E-state index in [9.17, 15) is 9.59 Å². The molecule has 0 aliphatic carbocycles. The zero-order chi connectivity index (χ0) is 16.7. The monoisotopic (exact) mass is 315 g/mol. The summed E-state index contributed by atoms with van der Waals surface area (Å²) in [4.78, 5) is 23.8. The summed E-state index contributed by atoms with van der Waals surface area (Å²) in [6.45, 7) is -0.395. The smallest absolute Gasteiger partial charge is 0.338 e. The number of rotatable bonds is 6. The average molecular weight is 315 g/mol. The van der Waals surface area contributed by atoms with Crippen molar-refractivity contribution in [3.8, 4) is 11.5 Å². The molecule has 0 heterocycles. The van der Waals surface area contributed by atoms with Crippen molar-refractivity contribution in [2.45, 2.75) is 0 Å². The Bertz CT molecular complexity index is 699. The van der Waals surface area contributed by atoms with Gasteiger partial charge >= 0.3 is 5.97 Å². The number of para-hydroxylation sites is 2. The van der Waals surface area contributed by atoms with Crippen LogP contribution in [0.3, 0.4) is 0 Å². The molecule has 6 heteroatoms. The van der Waals surface area contributed by atoms with Crippen LogP contribution >= 0.6 is 0 Å². The third kappa shape index (κ3) is 4.47. The van der Waals surface area contributed by atoms with Gasteiger partial charge in [-0.05, 0) is 30.3 Å². The molecule has 0 saturated heterocycles. The molecule has 1 amide bonds. The quantitative estimate of drug-likeness (QED) is 0.829. The highest BCUT2D eigenvalue weighted by Crippen LogP contribution is 2.22. The first kappa shape index (κ1) is 16.4. The molecular weight excluding hydrogens is 298 g/mol. The van der Waals surface area contributed by atoms with E-state index in [2.05, 4.69) is 5.32 Å². The van der Waals surface area contributed by atoms with Gasteiger partial charge in [0, 0.05) is 0 Å². The lowest BCUT2D eigenvalue weighted by Crippen LogP contribution is -2.21. The summed E-state index contributed by atoms with van der Waals surface area (Å²) in [6.07, 6.45) is 0. The Hall–Kier alpha value is -3.02. The number of hydrogen-bond donors (Lipinski definition) is 1. The highest BCUT2D eigenvalue weighted by Gasteiger charge is 2.12. The van der Waals surface area contributed by atoms with E-state index in [1.165, 1.54) is 14.2 Å². The highest BCUT2D eigenvalue weighted by atomic mass is 16.5. The molecule has 2 aromatic rings. The maximum Gasteiger partial charge on any atom is 0.338 e. The van der Waals surface area contributed by atoms with Crippen LogP contribution in [0.25, 0.3) is 0 Å². The molecule has 0 spiro atoms. The second-order valence-electron chi connectivity index (χ2n) is 4.56. The molecule has 0 atom stereocenters. The Morgan fingerprint density at radius 2 is 1.78 bits per heavy atom. The first-order chi connectivity index (χ1) is 11.1. The number of amides is 1. The van der Waals surface area contributed by atoms with Gasteiger partial charge in [-0.1, -0.05) is 18.2 Å². The Morgan fingerprint density at radius 1 is 1.00 bits per heavy atom. The van der Waals surface area contributed by atoms with Crippen LogP contribution in [0.2, 0.25) is 0 Å². The maximum absolute atomic E-state index is 11.9. The Labute approximate surface area is 134 Å². The van der Waals surface area contributed by atoms with Crippen LogP contribution in [0.5, 0.6) is 11.5 Å². The van der Waals surface area contributed by atoms with Crippen molar-refractivity contribution >= 4 is 17.6 Å². The van der Waals surface area contributed by atoms with E-state index in [4.69, 9.17) is 14.2 Å². The first-order valence-electron chi connectivity index (χ1n) is 6.88. The molecule has 0 aliphatic heterocycles. The number of carbonyl (C=O) groups is 2. The van der Waals surface area contributed by atoms with Gasteiger partial charge in [-0.15, -0.1) is 0 Å². The minimum absolute atomic E-state index is 0.314. The Morgan fingerprint density at radius 3 is 2.52 bits per heavy atom. The third-order valence-corrected chi connectivity index (χ3v) is 3.02. The lowest BCUT2D eigenvalue weighted by atomic mass is 10.2. The molecule has 6 nitrogen and oxygen atoms in total. The van der Waals surface area contributed by atoms with Gasteiger partial charge < -0.3 is 19.5 Å². The number of hydrogen-bond acceptors (Lipinski definition) is 5. The van der Waals surface area contributed by atoms with Crippen LogP contribution in [-0.4, -0.2) is 32.7 Å². The van der Waals surface area contributed by atoms with Crippen LogP contribution in [0, 0.1) is 0 Å². The van der Waals surface area contributed by atoms with Crippen molar-refractivity contribution in [3.05, 3.63) is 54.1 Å². The van der Waals surface area contributed by atoms with Gasteiger partial charge in [0.2, 0.25) is 0 Å². The zero-order valence-corrected chi connectivity index (χ0v) is 12.9. The molecule has 0 aliphatic rings. The molecule has 0 radical (unpaired) electrons. The fourth-order valence-corrected chi connectivity index (χ4v) is 1.90. The zero-order valence-electron chi connectivity index (χ0n) is 12.9. The van der Waals surface area contributed by atoms with Gasteiger partial charge in [-0.25, -0.2) is 4.79 Å². The number of nitrogens with one attached hydrogen (secondary N) is 1. The molecule has 0 fully saturated rings. The lowest BCUT2D eigenvalue weighted by Gasteiger charge is -2.10. The summed E-state index contributed by atoms with van der Waals surface area (Å²) in [5, 5.41) is 2.62. The lowest BCUT2D eigenvalue weighted by molar-refractivity contribution is -0.119. The van der Waals surface area contributed by atoms with Crippen LogP contribution in [0.4, 0.5) is 5.69 Å². The number of carbonyl (C=O) groups excluding carboxylic acids is 2. The first-order valence-corrected chi connectivity index (χ1v) is 6.88. The largest absolute Gasteiger partial charge is 0.497 e. The van der Waals surface area contributed by atoms with E-state index in [0.717, 1.165) is 0 Å². The molecule has 23 heavy (non-hydrogen) atoms. The molecule has 2 aromatic carbocycles. The molecule has 120 valence electrons. The summed E-state index contributed by atoms with van der Waals surface area (Å²) < 4.78 is 15.2. The number of methoxy groups -OCH3 is 2. The predicted molar refractivity (Wildman–Crippen MR) is 84.9 cm³/mol. The van der Waals surface area contributed by atoms with Crippen molar-refractivity contribution in [2.75, 3.05) is 26.1 Å². The van der Waals surface area contributed by atoms with Crippen LogP contribution < -0.4 is 14.8 Å². The second kappa shape index (κ2) is 7.84. The molecular formula is C17H17NO5. The van der Waals surface area contributed by atoms with Gasteiger partial charge in [0.25, 0.3) is 5.91 Å². The maximum atomic E-state index is 11.9.